The van der Waals surface area contributed by atoms with Crippen LogP contribution in [-0.2, 0) is 28.9 Å². The number of hydrogen-bond acceptors (Lipinski definition) is 22. The van der Waals surface area contributed by atoms with Gasteiger partial charge in [-0.05, 0) is 114 Å². The average Bonchev–Trinajstić information content (AvgIpc) is 3.31. The molecule has 0 saturated carbocycles. The van der Waals surface area contributed by atoms with E-state index in [9.17, 15) is 18.1 Å². The van der Waals surface area contributed by atoms with Gasteiger partial charge < -0.3 is 30.4 Å². The summed E-state index contributed by atoms with van der Waals surface area (Å²) in [5.41, 5.74) is 9.46. The van der Waals surface area contributed by atoms with Crippen molar-refractivity contribution in [2.75, 3.05) is 32.0 Å². The molecule has 0 aromatic heterocycles. The molecule has 0 unspecified atom stereocenters. The molecule has 21 nitrogen and oxygen atoms in total. The molecule has 0 radical (unpaired) electrons. The Morgan fingerprint density at radius 1 is 0.667 bits per heavy atom. The summed E-state index contributed by atoms with van der Waals surface area (Å²) in [5.74, 6) is 1.01. The SMILES string of the molecule is COc1cc(N=Nc2cc(OC)c(N=Nc3c(SOOO)cc4cc(NCOc5ccc(N)cc5)ccc4c3O)cc2C)ccc1N=Nc1ccc2cc(SOOO)cc(S(=O)(=O)O)c2c1. The van der Waals surface area contributed by atoms with Crippen LogP contribution in [-0.4, -0.2) is 49.5 Å². The van der Waals surface area contributed by atoms with Gasteiger partial charge in [0.2, 0.25) is 0 Å². The van der Waals surface area contributed by atoms with Crippen LogP contribution in [0.15, 0.2) is 155 Å². The molecule has 0 spiro atoms. The van der Waals surface area contributed by atoms with Crippen LogP contribution in [0, 0.1) is 6.92 Å². The molecule has 0 aliphatic heterocycles. The van der Waals surface area contributed by atoms with Crippen LogP contribution >= 0.6 is 24.1 Å². The second-order valence-electron chi connectivity index (χ2n) is 13.6. The number of anilines is 2. The summed E-state index contributed by atoms with van der Waals surface area (Å²) in [4.78, 5) is 0.0732. The van der Waals surface area contributed by atoms with Crippen LogP contribution in [0.5, 0.6) is 23.0 Å². The first-order valence-electron chi connectivity index (χ1n) is 18.9. The lowest BCUT2D eigenvalue weighted by atomic mass is 10.1. The molecular formula is C42H36N8O13S3. The van der Waals surface area contributed by atoms with Gasteiger partial charge in [-0.3, -0.25) is 4.55 Å². The number of ether oxygens (including phenoxy) is 3. The standard InChI is InChI=1S/C42H36N8O13S3/c1-23-14-36(49-50-41-39(65-63-61-53)17-25-15-27(8-12-32(25)42(41)51)44-22-59-30-10-5-26(43)6-11-30)38(58-3)21-35(23)48-46-29-9-13-34(37(19-29)57-2)47-45-28-7-4-24-16-31(64-62-60-52)20-40(33(24)18-28)66(54,55)56/h4-21,44,51-53H,22,43H2,1-3H3,(H,54,55,56). The molecule has 0 atom stereocenters. The fraction of sp³-hybridized carbons (Fsp3) is 0.0952. The molecule has 0 heterocycles. The fourth-order valence-corrected chi connectivity index (χ4v) is 8.00. The Morgan fingerprint density at radius 3 is 2.08 bits per heavy atom. The van der Waals surface area contributed by atoms with Crippen molar-refractivity contribution in [1.29, 1.82) is 0 Å². The van der Waals surface area contributed by atoms with Crippen molar-refractivity contribution in [3.63, 3.8) is 0 Å². The Kier molecular flexibility index (Phi) is 15.2. The van der Waals surface area contributed by atoms with Gasteiger partial charge in [0, 0.05) is 39.2 Å². The molecule has 24 heteroatoms. The fourth-order valence-electron chi connectivity index (χ4n) is 6.25. The molecule has 66 heavy (non-hydrogen) atoms. The first-order chi connectivity index (χ1) is 31.9. The van der Waals surface area contributed by atoms with Gasteiger partial charge in [-0.15, -0.1) is 24.0 Å². The first kappa shape index (κ1) is 47.0. The maximum atomic E-state index is 12.2. The Hall–Kier alpha value is -6.97. The zero-order valence-electron chi connectivity index (χ0n) is 34.5. The number of aryl methyl sites for hydroxylation is 1. The molecule has 7 rings (SSSR count). The van der Waals surface area contributed by atoms with Crippen LogP contribution in [0.2, 0.25) is 0 Å². The number of nitrogen functional groups attached to an aromatic ring is 1. The minimum absolute atomic E-state index is 0.0247. The third-order valence-electron chi connectivity index (χ3n) is 9.38. The smallest absolute Gasteiger partial charge is 0.295 e. The van der Waals surface area contributed by atoms with E-state index >= 15 is 0 Å². The summed E-state index contributed by atoms with van der Waals surface area (Å²) in [6.07, 6.45) is 0. The summed E-state index contributed by atoms with van der Waals surface area (Å²) in [5, 5.41) is 67.0. The number of methoxy groups -OCH3 is 2. The average molecular weight is 957 g/mol. The van der Waals surface area contributed by atoms with Crippen molar-refractivity contribution in [3.05, 3.63) is 115 Å². The molecule has 0 aliphatic rings. The number of nitrogens with one attached hydrogen (secondary N) is 1. The minimum atomic E-state index is -4.67. The normalized spacial score (nSPS) is 12.0. The number of fused-ring (bicyclic) bond motifs is 2. The number of azo groups is 3. The maximum absolute atomic E-state index is 12.2. The van der Waals surface area contributed by atoms with Crippen molar-refractivity contribution in [2.24, 2.45) is 30.7 Å². The van der Waals surface area contributed by atoms with Gasteiger partial charge in [0.25, 0.3) is 10.1 Å². The van der Waals surface area contributed by atoms with E-state index in [0.29, 0.717) is 91.4 Å². The van der Waals surface area contributed by atoms with E-state index in [0.717, 1.165) is 6.07 Å². The molecule has 340 valence electrons. The largest absolute Gasteiger partial charge is 0.505 e. The minimum Gasteiger partial charge on any atom is -0.505 e. The lowest BCUT2D eigenvalue weighted by molar-refractivity contribution is -0.432. The monoisotopic (exact) mass is 956 g/mol. The Labute approximate surface area is 383 Å². The van der Waals surface area contributed by atoms with E-state index in [1.54, 1.807) is 104 Å². The highest BCUT2D eigenvalue weighted by atomic mass is 32.2. The molecule has 7 aromatic carbocycles. The predicted octanol–water partition coefficient (Wildman–Crippen LogP) is 12.4. The molecule has 0 fully saturated rings. The number of nitrogens with two attached hydrogens (primary N) is 1. The van der Waals surface area contributed by atoms with Crippen molar-refractivity contribution in [3.8, 4) is 23.0 Å². The van der Waals surface area contributed by atoms with Gasteiger partial charge in [0.1, 0.15) is 39.2 Å². The number of phenolic OH excluding ortho intramolecular Hbond substituents is 1. The van der Waals surface area contributed by atoms with Crippen LogP contribution in [0.1, 0.15) is 5.56 Å². The van der Waals surface area contributed by atoms with Gasteiger partial charge in [0.05, 0.1) is 60.3 Å². The highest BCUT2D eigenvalue weighted by Gasteiger charge is 2.19. The van der Waals surface area contributed by atoms with Crippen LogP contribution < -0.4 is 25.3 Å². The number of phenols is 1. The quantitative estimate of drug-likeness (QED) is 0.00835. The summed E-state index contributed by atoms with van der Waals surface area (Å²) in [7, 11) is -1.79. The second-order valence-corrected chi connectivity index (χ2v) is 16.5. The highest BCUT2D eigenvalue weighted by molar-refractivity contribution is 7.95. The molecular weight excluding hydrogens is 921 g/mol. The zero-order valence-corrected chi connectivity index (χ0v) is 37.0. The number of hydrogen-bond donors (Lipinski definition) is 6. The Morgan fingerprint density at radius 2 is 1.35 bits per heavy atom. The molecule has 0 bridgehead atoms. The molecule has 0 amide bonds. The summed E-state index contributed by atoms with van der Waals surface area (Å²) in [6.45, 7) is 1.94. The lowest BCUT2D eigenvalue weighted by Gasteiger charge is -2.12. The summed E-state index contributed by atoms with van der Waals surface area (Å²) >= 11 is 1.14. The summed E-state index contributed by atoms with van der Waals surface area (Å²) < 4.78 is 60.3. The van der Waals surface area contributed by atoms with E-state index in [2.05, 4.69) is 50.4 Å². The van der Waals surface area contributed by atoms with Crippen molar-refractivity contribution < 1.29 is 61.5 Å². The zero-order chi connectivity index (χ0) is 46.8. The first-order valence-corrected chi connectivity index (χ1v) is 21.8. The van der Waals surface area contributed by atoms with E-state index in [4.69, 9.17) is 34.8 Å². The van der Waals surface area contributed by atoms with E-state index < -0.39 is 15.0 Å². The van der Waals surface area contributed by atoms with Crippen molar-refractivity contribution >= 4 is 101 Å². The predicted molar refractivity (Wildman–Crippen MR) is 244 cm³/mol. The van der Waals surface area contributed by atoms with Crippen LogP contribution in [0.3, 0.4) is 0 Å². The summed E-state index contributed by atoms with van der Waals surface area (Å²) in [6, 6.07) is 29.3. The van der Waals surface area contributed by atoms with Gasteiger partial charge in [0.15, 0.2) is 12.5 Å². The second kappa shape index (κ2) is 21.3. The topological polar surface area (TPSA) is 292 Å². The Balaban J connectivity index is 1.08. The Bertz CT molecular complexity index is 3110. The lowest BCUT2D eigenvalue weighted by Crippen LogP contribution is -2.08. The number of benzene rings is 7. The van der Waals surface area contributed by atoms with Crippen LogP contribution in [0.4, 0.5) is 45.5 Å². The number of nitrogens with zero attached hydrogens (tertiary/aromatic N) is 6. The van der Waals surface area contributed by atoms with Crippen LogP contribution in [0.25, 0.3) is 21.5 Å². The third kappa shape index (κ3) is 11.5. The van der Waals surface area contributed by atoms with E-state index in [-0.39, 0.29) is 44.8 Å². The van der Waals surface area contributed by atoms with Crippen molar-refractivity contribution in [2.45, 2.75) is 21.6 Å². The van der Waals surface area contributed by atoms with Gasteiger partial charge in [-0.1, -0.05) is 16.1 Å². The van der Waals surface area contributed by atoms with Crippen molar-refractivity contribution in [1.82, 2.24) is 0 Å². The molecule has 7 aromatic rings. The van der Waals surface area contributed by atoms with E-state index in [1.165, 1.54) is 20.3 Å². The van der Waals surface area contributed by atoms with Gasteiger partial charge in [-0.2, -0.15) is 23.8 Å². The maximum Gasteiger partial charge on any atom is 0.295 e. The number of rotatable bonds is 19. The third-order valence-corrected chi connectivity index (χ3v) is 11.4. The molecule has 0 saturated heterocycles. The van der Waals surface area contributed by atoms with Gasteiger partial charge >= 0.3 is 0 Å². The van der Waals surface area contributed by atoms with E-state index in [1.807, 2.05) is 0 Å². The molecule has 0 aliphatic carbocycles. The number of aromatic hydroxyl groups is 1. The highest BCUT2D eigenvalue weighted by Crippen LogP contribution is 2.46. The van der Waals surface area contributed by atoms with Gasteiger partial charge in [-0.25, -0.2) is 10.5 Å². The molecule has 7 N–H and O–H groups in total.